The Bertz CT molecular complexity index is 1180. The molecule has 0 saturated heterocycles. The zero-order valence-electron chi connectivity index (χ0n) is 14.5. The molecule has 0 spiro atoms. The number of nitrogens with zero attached hydrogens (tertiary/aromatic N) is 3. The van der Waals surface area contributed by atoms with Crippen LogP contribution in [-0.2, 0) is 4.74 Å². The molecule has 9 heteroatoms. The van der Waals surface area contributed by atoms with Crippen LogP contribution in [0.1, 0.15) is 20.7 Å². The molecular formula is C19H13FN4O3S. The number of ether oxygens (including phenoxy) is 1. The monoisotopic (exact) mass is 396 g/mol. The lowest BCUT2D eigenvalue weighted by Crippen LogP contribution is -2.14. The number of methoxy groups -OCH3 is 1. The number of carbonyl (C=O) groups excluding carboxylic acids is 2. The fourth-order valence-corrected chi connectivity index (χ4v) is 3.46. The van der Waals surface area contributed by atoms with Crippen LogP contribution in [0.25, 0.3) is 16.2 Å². The van der Waals surface area contributed by atoms with Crippen LogP contribution in [0, 0.1) is 5.82 Å². The molecule has 0 aliphatic rings. The van der Waals surface area contributed by atoms with Gasteiger partial charge in [-0.2, -0.15) is 4.98 Å². The molecule has 0 radical (unpaired) electrons. The minimum absolute atomic E-state index is 0.128. The third-order valence-electron chi connectivity index (χ3n) is 3.99. The Balaban J connectivity index is 1.59. The first-order valence-corrected chi connectivity index (χ1v) is 9.03. The molecule has 0 saturated carbocycles. The van der Waals surface area contributed by atoms with Crippen molar-refractivity contribution >= 4 is 34.1 Å². The SMILES string of the molecule is COC(=O)c1cccc(C(=O)Nc2nc3scc(-c4ccc(F)cc4)n3n2)c1. The Kier molecular flexibility index (Phi) is 4.58. The average molecular weight is 396 g/mol. The van der Waals surface area contributed by atoms with E-state index in [2.05, 4.69) is 20.1 Å². The molecule has 1 N–H and O–H groups in total. The van der Waals surface area contributed by atoms with E-state index in [1.165, 1.54) is 36.6 Å². The number of thiazole rings is 1. The van der Waals surface area contributed by atoms with Gasteiger partial charge in [-0.25, -0.2) is 13.7 Å². The maximum absolute atomic E-state index is 13.1. The summed E-state index contributed by atoms with van der Waals surface area (Å²) >= 11 is 1.35. The molecule has 0 atom stereocenters. The number of nitrogens with one attached hydrogen (secondary N) is 1. The molecule has 140 valence electrons. The van der Waals surface area contributed by atoms with Crippen LogP contribution in [0.15, 0.2) is 53.9 Å². The number of aromatic nitrogens is 3. The summed E-state index contributed by atoms with van der Waals surface area (Å²) in [6, 6.07) is 12.2. The lowest BCUT2D eigenvalue weighted by molar-refractivity contribution is 0.0600. The van der Waals surface area contributed by atoms with Crippen molar-refractivity contribution in [2.75, 3.05) is 12.4 Å². The van der Waals surface area contributed by atoms with Crippen LogP contribution in [-0.4, -0.2) is 33.6 Å². The maximum Gasteiger partial charge on any atom is 0.337 e. The Morgan fingerprint density at radius 3 is 2.64 bits per heavy atom. The smallest absolute Gasteiger partial charge is 0.337 e. The molecule has 7 nitrogen and oxygen atoms in total. The summed E-state index contributed by atoms with van der Waals surface area (Å²) in [5, 5.41) is 8.78. The molecule has 2 aromatic heterocycles. The van der Waals surface area contributed by atoms with E-state index >= 15 is 0 Å². The molecule has 0 bridgehead atoms. The number of rotatable bonds is 4. The Labute approximate surface area is 162 Å². The number of fused-ring (bicyclic) bond motifs is 1. The highest BCUT2D eigenvalue weighted by molar-refractivity contribution is 7.15. The van der Waals surface area contributed by atoms with Crippen molar-refractivity contribution in [3.8, 4) is 11.3 Å². The largest absolute Gasteiger partial charge is 0.465 e. The summed E-state index contributed by atoms with van der Waals surface area (Å²) in [5.41, 5.74) is 2.06. The van der Waals surface area contributed by atoms with Gasteiger partial charge >= 0.3 is 5.97 Å². The van der Waals surface area contributed by atoms with Gasteiger partial charge in [-0.3, -0.25) is 10.1 Å². The summed E-state index contributed by atoms with van der Waals surface area (Å²) in [6.45, 7) is 0. The number of hydrogen-bond donors (Lipinski definition) is 1. The number of esters is 1. The van der Waals surface area contributed by atoms with Gasteiger partial charge in [0.05, 0.1) is 18.4 Å². The second kappa shape index (κ2) is 7.20. The van der Waals surface area contributed by atoms with Gasteiger partial charge in [0.2, 0.25) is 4.96 Å². The highest BCUT2D eigenvalue weighted by atomic mass is 32.1. The van der Waals surface area contributed by atoms with E-state index in [9.17, 15) is 14.0 Å². The molecule has 28 heavy (non-hydrogen) atoms. The fraction of sp³-hybridized carbons (Fsp3) is 0.0526. The van der Waals surface area contributed by atoms with Crippen molar-refractivity contribution in [3.63, 3.8) is 0 Å². The molecule has 4 rings (SSSR count). The van der Waals surface area contributed by atoms with Crippen LogP contribution in [0.2, 0.25) is 0 Å². The predicted molar refractivity (Wildman–Crippen MR) is 102 cm³/mol. The molecular weight excluding hydrogens is 383 g/mol. The second-order valence-corrected chi connectivity index (χ2v) is 6.62. The highest BCUT2D eigenvalue weighted by Gasteiger charge is 2.15. The first-order chi connectivity index (χ1) is 13.5. The third kappa shape index (κ3) is 3.35. The van der Waals surface area contributed by atoms with Gasteiger partial charge in [-0.05, 0) is 42.5 Å². The predicted octanol–water partition coefficient (Wildman–Crippen LogP) is 3.64. The van der Waals surface area contributed by atoms with E-state index in [1.54, 1.807) is 34.8 Å². The van der Waals surface area contributed by atoms with Crippen molar-refractivity contribution in [3.05, 3.63) is 70.9 Å². The van der Waals surface area contributed by atoms with E-state index in [0.29, 0.717) is 4.96 Å². The topological polar surface area (TPSA) is 85.6 Å². The van der Waals surface area contributed by atoms with E-state index < -0.39 is 11.9 Å². The molecule has 2 aromatic carbocycles. The summed E-state index contributed by atoms with van der Waals surface area (Å²) in [4.78, 5) is 29.0. The van der Waals surface area contributed by atoms with Crippen LogP contribution in [0.4, 0.5) is 10.3 Å². The van der Waals surface area contributed by atoms with Crippen molar-refractivity contribution in [1.29, 1.82) is 0 Å². The maximum atomic E-state index is 13.1. The van der Waals surface area contributed by atoms with Gasteiger partial charge in [0.15, 0.2) is 0 Å². The standard InChI is InChI=1S/C19H13FN4O3S/c1-27-17(26)13-4-2-3-12(9-13)16(25)21-18-22-19-24(23-18)15(10-28-19)11-5-7-14(20)8-6-11/h2-10H,1H3,(H,21,23,25). The normalized spacial score (nSPS) is 10.8. The minimum Gasteiger partial charge on any atom is -0.465 e. The van der Waals surface area contributed by atoms with Crippen LogP contribution in [0.5, 0.6) is 0 Å². The lowest BCUT2D eigenvalue weighted by atomic mass is 10.1. The van der Waals surface area contributed by atoms with Crippen molar-refractivity contribution < 1.29 is 18.7 Å². The zero-order valence-corrected chi connectivity index (χ0v) is 15.4. The van der Waals surface area contributed by atoms with Gasteiger partial charge < -0.3 is 4.74 Å². The molecule has 1 amide bonds. The van der Waals surface area contributed by atoms with Crippen molar-refractivity contribution in [1.82, 2.24) is 14.6 Å². The number of benzene rings is 2. The number of amides is 1. The Hall–Kier alpha value is -3.59. The second-order valence-electron chi connectivity index (χ2n) is 5.78. The van der Waals surface area contributed by atoms with E-state index in [4.69, 9.17) is 0 Å². The van der Waals surface area contributed by atoms with Crippen molar-refractivity contribution in [2.24, 2.45) is 0 Å². The third-order valence-corrected chi connectivity index (χ3v) is 4.81. The summed E-state index contributed by atoms with van der Waals surface area (Å²) < 4.78 is 19.4. The lowest BCUT2D eigenvalue weighted by Gasteiger charge is -2.03. The summed E-state index contributed by atoms with van der Waals surface area (Å²) in [6.07, 6.45) is 0. The molecule has 0 aliphatic heterocycles. The van der Waals surface area contributed by atoms with Crippen molar-refractivity contribution in [2.45, 2.75) is 0 Å². The number of hydrogen-bond acceptors (Lipinski definition) is 6. The van der Waals surface area contributed by atoms with Crippen LogP contribution < -0.4 is 5.32 Å². The van der Waals surface area contributed by atoms with Gasteiger partial charge in [0, 0.05) is 16.5 Å². The van der Waals surface area contributed by atoms with Gasteiger partial charge in [-0.1, -0.05) is 6.07 Å². The zero-order chi connectivity index (χ0) is 19.7. The van der Waals surface area contributed by atoms with Crippen LogP contribution in [0.3, 0.4) is 0 Å². The van der Waals surface area contributed by atoms with Gasteiger partial charge in [0.1, 0.15) is 5.82 Å². The summed E-state index contributed by atoms with van der Waals surface area (Å²) in [7, 11) is 1.27. The molecule has 0 fully saturated rings. The first kappa shape index (κ1) is 17.8. The number of carbonyl (C=O) groups is 2. The quantitative estimate of drug-likeness (QED) is 0.533. The van der Waals surface area contributed by atoms with E-state index in [-0.39, 0.29) is 22.9 Å². The first-order valence-electron chi connectivity index (χ1n) is 8.15. The molecule has 2 heterocycles. The van der Waals surface area contributed by atoms with E-state index in [0.717, 1.165) is 11.3 Å². The molecule has 0 unspecified atom stereocenters. The Morgan fingerprint density at radius 1 is 1.14 bits per heavy atom. The minimum atomic E-state index is -0.529. The highest BCUT2D eigenvalue weighted by Crippen LogP contribution is 2.26. The number of halogens is 1. The van der Waals surface area contributed by atoms with Crippen LogP contribution >= 0.6 is 11.3 Å². The van der Waals surface area contributed by atoms with Gasteiger partial charge in [-0.15, -0.1) is 16.4 Å². The molecule has 0 aliphatic carbocycles. The van der Waals surface area contributed by atoms with E-state index in [1.807, 2.05) is 5.38 Å². The molecule has 4 aromatic rings. The number of anilines is 1. The average Bonchev–Trinajstić information content (AvgIpc) is 3.28. The van der Waals surface area contributed by atoms with Gasteiger partial charge in [0.25, 0.3) is 11.9 Å². The summed E-state index contributed by atoms with van der Waals surface area (Å²) in [5.74, 6) is -1.17. The fourth-order valence-electron chi connectivity index (χ4n) is 2.63. The Morgan fingerprint density at radius 2 is 1.89 bits per heavy atom.